The van der Waals surface area contributed by atoms with Crippen LogP contribution in [0.3, 0.4) is 0 Å². The number of nitrogens with one attached hydrogen (secondary N) is 1. The smallest absolute Gasteiger partial charge is 0.315 e. The molecule has 0 atom stereocenters. The first kappa shape index (κ1) is 19.6. The molecule has 140 valence electrons. The summed E-state index contributed by atoms with van der Waals surface area (Å²) in [7, 11) is 2.80. The maximum atomic E-state index is 11.0. The Labute approximate surface area is 154 Å². The summed E-state index contributed by atoms with van der Waals surface area (Å²) in [6.07, 6.45) is 1.29. The van der Waals surface area contributed by atoms with Gasteiger partial charge in [-0.3, -0.25) is 15.5 Å². The zero-order valence-corrected chi connectivity index (χ0v) is 14.9. The van der Waals surface area contributed by atoms with E-state index in [1.165, 1.54) is 26.5 Å². The number of aromatic hydroxyl groups is 1. The highest BCUT2D eigenvalue weighted by Crippen LogP contribution is 2.36. The number of aryl methyl sites for hydroxylation is 1. The topological polar surface area (TPSA) is 143 Å². The molecule has 0 aliphatic rings. The fraction of sp³-hybridized carbons (Fsp3) is 0.235. The van der Waals surface area contributed by atoms with E-state index in [4.69, 9.17) is 9.47 Å². The van der Waals surface area contributed by atoms with Gasteiger partial charge >= 0.3 is 5.69 Å². The van der Waals surface area contributed by atoms with Gasteiger partial charge in [0.1, 0.15) is 11.6 Å². The molecule has 0 unspecified atom stereocenters. The number of nitriles is 1. The molecule has 0 aliphatic carbocycles. The zero-order valence-electron chi connectivity index (χ0n) is 14.9. The lowest BCUT2D eigenvalue weighted by atomic mass is 10.1. The number of nitrogens with zero attached hydrogens (tertiary/aromatic N) is 4. The number of nitro benzene ring substituents is 1. The van der Waals surface area contributed by atoms with Crippen molar-refractivity contribution in [2.45, 2.75) is 13.5 Å². The van der Waals surface area contributed by atoms with E-state index in [0.29, 0.717) is 16.8 Å². The van der Waals surface area contributed by atoms with E-state index in [9.17, 15) is 20.5 Å². The number of rotatable bonds is 7. The van der Waals surface area contributed by atoms with Gasteiger partial charge < -0.3 is 14.6 Å². The van der Waals surface area contributed by atoms with Crippen LogP contribution in [0, 0.1) is 28.4 Å². The van der Waals surface area contributed by atoms with Gasteiger partial charge in [0.15, 0.2) is 11.6 Å². The molecule has 1 heterocycles. The number of anilines is 1. The molecule has 27 heavy (non-hydrogen) atoms. The Morgan fingerprint density at radius 3 is 2.78 bits per heavy atom. The van der Waals surface area contributed by atoms with E-state index in [1.807, 2.05) is 0 Å². The van der Waals surface area contributed by atoms with Crippen molar-refractivity contribution in [1.82, 2.24) is 4.98 Å². The second-order valence-corrected chi connectivity index (χ2v) is 5.41. The van der Waals surface area contributed by atoms with E-state index in [-0.39, 0.29) is 23.7 Å². The van der Waals surface area contributed by atoms with Gasteiger partial charge in [-0.15, -0.1) is 0 Å². The van der Waals surface area contributed by atoms with Crippen molar-refractivity contribution in [2.75, 3.05) is 19.6 Å². The van der Waals surface area contributed by atoms with E-state index in [0.717, 1.165) is 6.07 Å². The molecule has 0 saturated heterocycles. The van der Waals surface area contributed by atoms with Crippen LogP contribution >= 0.6 is 0 Å². The number of pyridine rings is 1. The van der Waals surface area contributed by atoms with Crippen molar-refractivity contribution >= 4 is 17.7 Å². The number of aromatic nitrogens is 1. The molecular formula is C17H17N5O5. The molecule has 0 amide bonds. The maximum absolute atomic E-state index is 11.0. The Hall–Kier alpha value is -3.71. The molecule has 2 N–H and O–H groups in total. The SMILES string of the molecule is COCc1cc(C)nc(NN=Cc2cc(OC)c(O)c([N+](=O)[O-])c2)c1C#N. The van der Waals surface area contributed by atoms with Crippen LogP contribution in [0.5, 0.6) is 11.5 Å². The second kappa shape index (κ2) is 8.59. The number of hydrogen-bond acceptors (Lipinski definition) is 9. The van der Waals surface area contributed by atoms with Gasteiger partial charge in [-0.05, 0) is 19.1 Å². The number of ether oxygens (including phenoxy) is 2. The molecule has 2 rings (SSSR count). The van der Waals surface area contributed by atoms with Gasteiger partial charge in [-0.25, -0.2) is 4.98 Å². The lowest BCUT2D eigenvalue weighted by molar-refractivity contribution is -0.386. The minimum Gasteiger partial charge on any atom is -0.500 e. The summed E-state index contributed by atoms with van der Waals surface area (Å²) < 4.78 is 10.0. The van der Waals surface area contributed by atoms with Gasteiger partial charge in [0, 0.05) is 30.0 Å². The van der Waals surface area contributed by atoms with E-state index < -0.39 is 16.4 Å². The van der Waals surface area contributed by atoms with E-state index >= 15 is 0 Å². The van der Waals surface area contributed by atoms with Crippen molar-refractivity contribution in [3.05, 3.63) is 50.7 Å². The Morgan fingerprint density at radius 2 is 2.19 bits per heavy atom. The van der Waals surface area contributed by atoms with Crippen LogP contribution in [0.25, 0.3) is 0 Å². The van der Waals surface area contributed by atoms with E-state index in [2.05, 4.69) is 21.6 Å². The summed E-state index contributed by atoms with van der Waals surface area (Å²) in [5.41, 5.74) is 4.08. The molecule has 10 heteroatoms. The number of nitro groups is 1. The third-order valence-electron chi connectivity index (χ3n) is 3.52. The maximum Gasteiger partial charge on any atom is 0.315 e. The zero-order chi connectivity index (χ0) is 20.0. The van der Waals surface area contributed by atoms with Gasteiger partial charge in [-0.2, -0.15) is 10.4 Å². The second-order valence-electron chi connectivity index (χ2n) is 5.41. The van der Waals surface area contributed by atoms with Gasteiger partial charge in [0.25, 0.3) is 0 Å². The molecule has 0 fully saturated rings. The van der Waals surface area contributed by atoms with Crippen molar-refractivity contribution in [1.29, 1.82) is 5.26 Å². The highest BCUT2D eigenvalue weighted by Gasteiger charge is 2.19. The summed E-state index contributed by atoms with van der Waals surface area (Å²) in [5, 5.41) is 34.2. The first-order valence-electron chi connectivity index (χ1n) is 7.65. The predicted octanol–water partition coefficient (Wildman–Crippen LogP) is 2.48. The number of methoxy groups -OCH3 is 2. The molecule has 0 bridgehead atoms. The standard InChI is InChI=1S/C17H17N5O5/c1-10-4-12(9-26-2)13(7-18)17(20-10)21-19-8-11-5-14(22(24)25)16(23)15(6-11)27-3/h4-6,8,23H,9H2,1-3H3,(H,20,21). The summed E-state index contributed by atoms with van der Waals surface area (Å²) in [4.78, 5) is 14.5. The monoisotopic (exact) mass is 371 g/mol. The molecule has 0 spiro atoms. The van der Waals surface area contributed by atoms with Crippen LogP contribution in [-0.4, -0.2) is 35.4 Å². The van der Waals surface area contributed by atoms with Gasteiger partial charge in [-0.1, -0.05) is 0 Å². The van der Waals surface area contributed by atoms with Crippen LogP contribution in [0.4, 0.5) is 11.5 Å². The Bertz CT molecular complexity index is 936. The van der Waals surface area contributed by atoms with Crippen LogP contribution in [0.2, 0.25) is 0 Å². The fourth-order valence-electron chi connectivity index (χ4n) is 2.37. The molecule has 1 aromatic heterocycles. The molecule has 0 aliphatic heterocycles. The third-order valence-corrected chi connectivity index (χ3v) is 3.52. The van der Waals surface area contributed by atoms with Crippen molar-refractivity contribution < 1.29 is 19.5 Å². The highest BCUT2D eigenvalue weighted by molar-refractivity contribution is 5.83. The minimum atomic E-state index is -0.727. The van der Waals surface area contributed by atoms with Crippen LogP contribution in [0.15, 0.2) is 23.3 Å². The fourth-order valence-corrected chi connectivity index (χ4v) is 2.37. The normalized spacial score (nSPS) is 10.6. The summed E-state index contributed by atoms with van der Waals surface area (Å²) >= 11 is 0. The number of benzene rings is 1. The van der Waals surface area contributed by atoms with E-state index in [1.54, 1.807) is 13.0 Å². The van der Waals surface area contributed by atoms with Gasteiger partial charge in [0.05, 0.1) is 24.9 Å². The number of phenolic OH excluding ortho intramolecular Hbond substituents is 1. The first-order valence-corrected chi connectivity index (χ1v) is 7.65. The molecular weight excluding hydrogens is 354 g/mol. The van der Waals surface area contributed by atoms with Crippen LogP contribution in [-0.2, 0) is 11.3 Å². The van der Waals surface area contributed by atoms with Crippen molar-refractivity contribution in [3.8, 4) is 17.6 Å². The van der Waals surface area contributed by atoms with Gasteiger partial charge in [0.2, 0.25) is 5.75 Å². The lowest BCUT2D eigenvalue weighted by Crippen LogP contribution is -2.03. The number of hydrogen-bond donors (Lipinski definition) is 2. The quantitative estimate of drug-likeness (QED) is 0.429. The minimum absolute atomic E-state index is 0.0561. The van der Waals surface area contributed by atoms with Crippen molar-refractivity contribution in [2.24, 2.45) is 5.10 Å². The van der Waals surface area contributed by atoms with Crippen LogP contribution < -0.4 is 10.2 Å². The number of phenols is 1. The molecule has 10 nitrogen and oxygen atoms in total. The summed E-state index contributed by atoms with van der Waals surface area (Å²) in [5.74, 6) is -0.385. The third kappa shape index (κ3) is 4.47. The molecule has 0 radical (unpaired) electrons. The molecule has 1 aromatic carbocycles. The Balaban J connectivity index is 2.35. The first-order chi connectivity index (χ1) is 12.9. The summed E-state index contributed by atoms with van der Waals surface area (Å²) in [6.45, 7) is 2.01. The number of hydrazone groups is 1. The predicted molar refractivity (Wildman–Crippen MR) is 96.9 cm³/mol. The van der Waals surface area contributed by atoms with Crippen molar-refractivity contribution in [3.63, 3.8) is 0 Å². The van der Waals surface area contributed by atoms with Crippen LogP contribution in [0.1, 0.15) is 22.4 Å². The largest absolute Gasteiger partial charge is 0.500 e. The molecule has 2 aromatic rings. The highest BCUT2D eigenvalue weighted by atomic mass is 16.6. The Kier molecular flexibility index (Phi) is 6.24. The Morgan fingerprint density at radius 1 is 1.44 bits per heavy atom. The summed E-state index contributed by atoms with van der Waals surface area (Å²) in [6, 6.07) is 6.33. The average molecular weight is 371 g/mol. The lowest BCUT2D eigenvalue weighted by Gasteiger charge is -2.09. The molecule has 0 saturated carbocycles. The average Bonchev–Trinajstić information content (AvgIpc) is 2.62.